The number of nitrogen functional groups attached to an aromatic ring is 1. The summed E-state index contributed by atoms with van der Waals surface area (Å²) in [6, 6.07) is 5.69. The lowest BCUT2D eigenvalue weighted by molar-refractivity contribution is 1.12. The van der Waals surface area contributed by atoms with Crippen LogP contribution in [0.1, 0.15) is 0 Å². The molecule has 0 aliphatic heterocycles. The van der Waals surface area contributed by atoms with Gasteiger partial charge in [-0.25, -0.2) is 0 Å². The van der Waals surface area contributed by atoms with Crippen LogP contribution in [0.2, 0.25) is 0 Å². The number of anilines is 1. The van der Waals surface area contributed by atoms with Gasteiger partial charge < -0.3 is 5.73 Å². The number of aromatic nitrogens is 3. The smallest absolute Gasteiger partial charge is 0.0730 e. The van der Waals surface area contributed by atoms with Gasteiger partial charge in [0, 0.05) is 22.7 Å². The van der Waals surface area contributed by atoms with Gasteiger partial charge in [-0.15, -0.1) is 0 Å². The predicted molar refractivity (Wildman–Crippen MR) is 55.8 cm³/mol. The number of aromatic amines is 1. The van der Waals surface area contributed by atoms with E-state index >= 15 is 0 Å². The summed E-state index contributed by atoms with van der Waals surface area (Å²) in [7, 11) is 0. The van der Waals surface area contributed by atoms with Crippen molar-refractivity contribution < 1.29 is 0 Å². The first-order valence-corrected chi connectivity index (χ1v) is 4.32. The maximum atomic E-state index is 5.90. The van der Waals surface area contributed by atoms with Crippen molar-refractivity contribution in [3.8, 4) is 0 Å². The molecule has 0 unspecified atom stereocenters. The highest BCUT2D eigenvalue weighted by atomic mass is 15.1. The Morgan fingerprint density at radius 3 is 3.07 bits per heavy atom. The van der Waals surface area contributed by atoms with E-state index in [0.717, 1.165) is 27.5 Å². The molecule has 0 saturated heterocycles. The Bertz CT molecular complexity index is 612. The minimum atomic E-state index is 0.738. The predicted octanol–water partition coefficient (Wildman–Crippen LogP) is 1.69. The lowest BCUT2D eigenvalue weighted by Gasteiger charge is -2.01. The van der Waals surface area contributed by atoms with Crippen molar-refractivity contribution in [2.45, 2.75) is 0 Å². The SMILES string of the molecule is Nc1ccnc2ccc3[nH]ncc3c12. The highest BCUT2D eigenvalue weighted by Gasteiger charge is 2.04. The summed E-state index contributed by atoms with van der Waals surface area (Å²) in [5, 5.41) is 8.88. The molecule has 0 spiro atoms. The fraction of sp³-hybridized carbons (Fsp3) is 0. The molecule has 3 N–H and O–H groups in total. The van der Waals surface area contributed by atoms with Crippen LogP contribution in [0.15, 0.2) is 30.6 Å². The van der Waals surface area contributed by atoms with E-state index in [9.17, 15) is 0 Å². The molecule has 1 aromatic carbocycles. The number of H-pyrrole nitrogens is 1. The second-order valence-corrected chi connectivity index (χ2v) is 3.19. The number of benzene rings is 1. The van der Waals surface area contributed by atoms with Crippen LogP contribution in [0.4, 0.5) is 5.69 Å². The van der Waals surface area contributed by atoms with Gasteiger partial charge in [0.1, 0.15) is 0 Å². The van der Waals surface area contributed by atoms with Crippen LogP contribution >= 0.6 is 0 Å². The Kier molecular flexibility index (Phi) is 1.28. The van der Waals surface area contributed by atoms with E-state index in [1.165, 1.54) is 0 Å². The fourth-order valence-corrected chi connectivity index (χ4v) is 1.70. The molecule has 3 aromatic rings. The Morgan fingerprint density at radius 2 is 2.14 bits per heavy atom. The van der Waals surface area contributed by atoms with E-state index in [1.54, 1.807) is 18.5 Å². The van der Waals surface area contributed by atoms with Crippen LogP contribution < -0.4 is 5.73 Å². The van der Waals surface area contributed by atoms with Gasteiger partial charge >= 0.3 is 0 Å². The highest BCUT2D eigenvalue weighted by molar-refractivity contribution is 6.10. The van der Waals surface area contributed by atoms with Crippen molar-refractivity contribution in [1.29, 1.82) is 0 Å². The topological polar surface area (TPSA) is 67.6 Å². The van der Waals surface area contributed by atoms with E-state index in [1.807, 2.05) is 12.1 Å². The molecule has 0 atom stereocenters. The Hall–Kier alpha value is -2.10. The second kappa shape index (κ2) is 2.45. The molecule has 2 heterocycles. The summed E-state index contributed by atoms with van der Waals surface area (Å²) < 4.78 is 0. The fourth-order valence-electron chi connectivity index (χ4n) is 1.70. The monoisotopic (exact) mass is 184 g/mol. The average Bonchev–Trinajstić information content (AvgIpc) is 2.65. The molecule has 0 saturated carbocycles. The van der Waals surface area contributed by atoms with Gasteiger partial charge in [-0.2, -0.15) is 5.10 Å². The molecule has 3 rings (SSSR count). The summed E-state index contributed by atoms with van der Waals surface area (Å²) in [6.07, 6.45) is 3.49. The van der Waals surface area contributed by atoms with Gasteiger partial charge in [0.2, 0.25) is 0 Å². The lowest BCUT2D eigenvalue weighted by atomic mass is 10.1. The summed E-state index contributed by atoms with van der Waals surface area (Å²) in [5.74, 6) is 0. The first kappa shape index (κ1) is 7.32. The van der Waals surface area contributed by atoms with Crippen molar-refractivity contribution in [2.24, 2.45) is 0 Å². The van der Waals surface area contributed by atoms with E-state index in [0.29, 0.717) is 0 Å². The first-order valence-electron chi connectivity index (χ1n) is 4.32. The van der Waals surface area contributed by atoms with Crippen molar-refractivity contribution in [3.05, 3.63) is 30.6 Å². The quantitative estimate of drug-likeness (QED) is 0.558. The molecule has 0 aliphatic carbocycles. The van der Waals surface area contributed by atoms with Crippen LogP contribution in [0, 0.1) is 0 Å². The summed E-state index contributed by atoms with van der Waals surface area (Å²) >= 11 is 0. The standard InChI is InChI=1S/C10H8N4/c11-7-3-4-12-9-2-1-8-6(10(7)9)5-13-14-8/h1-5H,(H2,11,12)(H,13,14). The summed E-state index contributed by atoms with van der Waals surface area (Å²) in [6.45, 7) is 0. The number of nitrogens with zero attached hydrogens (tertiary/aromatic N) is 2. The Labute approximate surface area is 79.8 Å². The molecule has 0 radical (unpaired) electrons. The van der Waals surface area contributed by atoms with E-state index < -0.39 is 0 Å². The maximum absolute atomic E-state index is 5.90. The molecule has 0 amide bonds. The Morgan fingerprint density at radius 1 is 1.21 bits per heavy atom. The zero-order valence-electron chi connectivity index (χ0n) is 7.36. The van der Waals surface area contributed by atoms with Gasteiger partial charge in [-0.3, -0.25) is 10.1 Å². The number of nitrogens with one attached hydrogen (secondary N) is 1. The number of fused-ring (bicyclic) bond motifs is 3. The van der Waals surface area contributed by atoms with Crippen LogP contribution in [0.5, 0.6) is 0 Å². The molecule has 0 bridgehead atoms. The van der Waals surface area contributed by atoms with Crippen molar-refractivity contribution in [2.75, 3.05) is 5.73 Å². The molecule has 14 heavy (non-hydrogen) atoms. The Balaban J connectivity index is 2.67. The molecular formula is C10H8N4. The highest BCUT2D eigenvalue weighted by Crippen LogP contribution is 2.26. The van der Waals surface area contributed by atoms with Gasteiger partial charge in [0.15, 0.2) is 0 Å². The molecule has 2 aromatic heterocycles. The minimum absolute atomic E-state index is 0.738. The second-order valence-electron chi connectivity index (χ2n) is 3.19. The number of hydrogen-bond acceptors (Lipinski definition) is 3. The molecule has 4 nitrogen and oxygen atoms in total. The van der Waals surface area contributed by atoms with Crippen LogP contribution in [-0.4, -0.2) is 15.2 Å². The number of nitrogens with two attached hydrogens (primary N) is 1. The van der Waals surface area contributed by atoms with Crippen LogP contribution in [0.3, 0.4) is 0 Å². The molecule has 68 valence electrons. The summed E-state index contributed by atoms with van der Waals surface area (Å²) in [5.41, 5.74) is 8.52. The van der Waals surface area contributed by atoms with Crippen molar-refractivity contribution in [1.82, 2.24) is 15.2 Å². The van der Waals surface area contributed by atoms with Gasteiger partial charge in [-0.05, 0) is 18.2 Å². The first-order chi connectivity index (χ1) is 6.86. The van der Waals surface area contributed by atoms with E-state index in [2.05, 4.69) is 15.2 Å². The average molecular weight is 184 g/mol. The van der Waals surface area contributed by atoms with Gasteiger partial charge in [0.05, 0.1) is 17.2 Å². The van der Waals surface area contributed by atoms with E-state index in [4.69, 9.17) is 5.73 Å². The minimum Gasteiger partial charge on any atom is -0.398 e. The van der Waals surface area contributed by atoms with Gasteiger partial charge in [0.25, 0.3) is 0 Å². The molecule has 0 aliphatic rings. The van der Waals surface area contributed by atoms with Crippen LogP contribution in [-0.2, 0) is 0 Å². The lowest BCUT2D eigenvalue weighted by Crippen LogP contribution is -1.88. The summed E-state index contributed by atoms with van der Waals surface area (Å²) in [4.78, 5) is 4.25. The van der Waals surface area contributed by atoms with Crippen molar-refractivity contribution in [3.63, 3.8) is 0 Å². The van der Waals surface area contributed by atoms with Gasteiger partial charge in [-0.1, -0.05) is 0 Å². The molecule has 0 fully saturated rings. The molecule has 4 heteroatoms. The maximum Gasteiger partial charge on any atom is 0.0730 e. The molecular weight excluding hydrogens is 176 g/mol. The van der Waals surface area contributed by atoms with Crippen LogP contribution in [0.25, 0.3) is 21.8 Å². The number of rotatable bonds is 0. The zero-order chi connectivity index (χ0) is 9.54. The largest absolute Gasteiger partial charge is 0.398 e. The van der Waals surface area contributed by atoms with Crippen molar-refractivity contribution >= 4 is 27.5 Å². The normalized spacial score (nSPS) is 11.1. The third kappa shape index (κ3) is 0.821. The number of pyridine rings is 1. The zero-order valence-corrected chi connectivity index (χ0v) is 7.36. The third-order valence-corrected chi connectivity index (χ3v) is 2.36. The third-order valence-electron chi connectivity index (χ3n) is 2.36. The number of hydrogen-bond donors (Lipinski definition) is 2. The van der Waals surface area contributed by atoms with E-state index in [-0.39, 0.29) is 0 Å².